The number of halogens is 1. The Labute approximate surface area is 94.6 Å². The highest BCUT2D eigenvalue weighted by molar-refractivity contribution is 6.06. The van der Waals surface area contributed by atoms with Gasteiger partial charge in [-0.25, -0.2) is 4.39 Å². The fraction of sp³-hybridized carbons (Fsp3) is 0.364. The number of carbonyl (C=O) groups is 1. The van der Waals surface area contributed by atoms with Crippen LogP contribution in [0.5, 0.6) is 0 Å². The molecule has 0 saturated heterocycles. The van der Waals surface area contributed by atoms with Gasteiger partial charge in [0.05, 0.1) is 5.57 Å². The molecule has 0 aliphatic carbocycles. The number of nitrogens with one attached hydrogen (secondary N) is 1. The summed E-state index contributed by atoms with van der Waals surface area (Å²) in [5, 5.41) is 11.8. The van der Waals surface area contributed by atoms with Crippen molar-refractivity contribution in [2.24, 2.45) is 5.10 Å². The van der Waals surface area contributed by atoms with E-state index in [0.29, 0.717) is 6.42 Å². The molecule has 0 bridgehead atoms. The third-order valence-electron chi connectivity index (χ3n) is 1.67. The Morgan fingerprint density at radius 2 is 2.19 bits per heavy atom. The van der Waals surface area contributed by atoms with Crippen LogP contribution >= 0.6 is 0 Å². The molecule has 0 aromatic rings. The van der Waals surface area contributed by atoms with Gasteiger partial charge in [-0.05, 0) is 26.3 Å². The van der Waals surface area contributed by atoms with Gasteiger partial charge in [-0.1, -0.05) is 13.5 Å². The van der Waals surface area contributed by atoms with Crippen molar-refractivity contribution in [3.8, 4) is 0 Å². The average Bonchev–Trinajstić information content (AvgIpc) is 2.23. The molecule has 0 aliphatic heterocycles. The molecule has 0 aromatic carbocycles. The van der Waals surface area contributed by atoms with Crippen LogP contribution in [0.25, 0.3) is 0 Å². The van der Waals surface area contributed by atoms with Crippen LogP contribution in [-0.4, -0.2) is 23.0 Å². The number of hydrogen-bond donors (Lipinski definition) is 1. The van der Waals surface area contributed by atoms with Gasteiger partial charge in [-0.3, -0.25) is 10.2 Å². The van der Waals surface area contributed by atoms with Gasteiger partial charge in [0.1, 0.15) is 11.7 Å². The van der Waals surface area contributed by atoms with E-state index in [1.807, 2.05) is 0 Å². The molecular weight excluding hydrogens is 209 g/mol. The maximum atomic E-state index is 13.3. The van der Waals surface area contributed by atoms with Gasteiger partial charge in [0.25, 0.3) is 5.91 Å². The summed E-state index contributed by atoms with van der Waals surface area (Å²) in [6, 6.07) is 0. The molecule has 0 fully saturated rings. The first-order valence-corrected chi connectivity index (χ1v) is 4.88. The minimum absolute atomic E-state index is 0.0893. The topological polar surface area (TPSA) is 56.5 Å². The number of hydrazone groups is 1. The molecule has 0 spiro atoms. The molecule has 0 aliphatic rings. The van der Waals surface area contributed by atoms with Gasteiger partial charge >= 0.3 is 0 Å². The van der Waals surface area contributed by atoms with Gasteiger partial charge in [0.2, 0.25) is 0 Å². The van der Waals surface area contributed by atoms with Crippen LogP contribution in [0.1, 0.15) is 27.2 Å². The highest BCUT2D eigenvalue weighted by Gasteiger charge is 2.20. The van der Waals surface area contributed by atoms with Crippen LogP contribution in [0, 0.1) is 5.41 Å². The molecule has 5 heteroatoms. The smallest absolute Gasteiger partial charge is 0.282 e. The lowest BCUT2D eigenvalue weighted by Gasteiger charge is -2.15. The Morgan fingerprint density at radius 1 is 1.62 bits per heavy atom. The summed E-state index contributed by atoms with van der Waals surface area (Å²) < 4.78 is 13.3. The fourth-order valence-corrected chi connectivity index (χ4v) is 0.939. The number of nitrogens with zero attached hydrogens (tertiary/aromatic N) is 2. The number of hydrogen-bond acceptors (Lipinski definition) is 3. The standard InChI is InChI=1S/C11H16FN3O/c1-5-7-10(12)8(3)11(16)15(9(4)13)14-6-2/h6-7,13H,3,5H2,1-2,4H3/b10-7+,13-9?,14-6-. The van der Waals surface area contributed by atoms with Crippen molar-refractivity contribution < 1.29 is 9.18 Å². The first-order valence-electron chi connectivity index (χ1n) is 4.88. The lowest BCUT2D eigenvalue weighted by molar-refractivity contribution is -0.123. The zero-order valence-corrected chi connectivity index (χ0v) is 9.75. The van der Waals surface area contributed by atoms with E-state index >= 15 is 0 Å². The van der Waals surface area contributed by atoms with Crippen LogP contribution in [0.4, 0.5) is 4.39 Å². The second-order valence-electron chi connectivity index (χ2n) is 3.01. The van der Waals surface area contributed by atoms with E-state index < -0.39 is 11.7 Å². The highest BCUT2D eigenvalue weighted by atomic mass is 19.1. The molecule has 88 valence electrons. The molecule has 0 radical (unpaired) electrons. The zero-order chi connectivity index (χ0) is 12.7. The van der Waals surface area contributed by atoms with E-state index in [1.54, 1.807) is 13.8 Å². The predicted octanol–water partition coefficient (Wildman–Crippen LogP) is 2.64. The van der Waals surface area contributed by atoms with Gasteiger partial charge in [0, 0.05) is 6.21 Å². The molecule has 0 heterocycles. The Kier molecular flexibility index (Phi) is 5.92. The molecule has 0 atom stereocenters. The Balaban J connectivity index is 4.96. The SMILES string of the molecule is C=C(C(=O)N(/N=C\C)C(C)=N)/C(F)=C\CC. The Morgan fingerprint density at radius 3 is 2.56 bits per heavy atom. The van der Waals surface area contributed by atoms with Crippen molar-refractivity contribution in [1.82, 2.24) is 5.01 Å². The van der Waals surface area contributed by atoms with Crippen LogP contribution in [0.2, 0.25) is 0 Å². The van der Waals surface area contributed by atoms with Crippen molar-refractivity contribution >= 4 is 18.0 Å². The number of rotatable bonds is 4. The van der Waals surface area contributed by atoms with Crippen LogP contribution in [0.15, 0.2) is 29.2 Å². The van der Waals surface area contributed by atoms with E-state index in [-0.39, 0.29) is 11.4 Å². The lowest BCUT2D eigenvalue weighted by atomic mass is 10.2. The molecule has 0 rings (SSSR count). The van der Waals surface area contributed by atoms with E-state index in [2.05, 4.69) is 11.7 Å². The minimum atomic E-state index is -0.729. The maximum Gasteiger partial charge on any atom is 0.282 e. The molecule has 16 heavy (non-hydrogen) atoms. The minimum Gasteiger partial charge on any atom is -0.287 e. The van der Waals surface area contributed by atoms with E-state index in [1.165, 1.54) is 19.2 Å². The van der Waals surface area contributed by atoms with Crippen molar-refractivity contribution in [3.63, 3.8) is 0 Å². The molecule has 4 nitrogen and oxygen atoms in total. The van der Waals surface area contributed by atoms with Gasteiger partial charge < -0.3 is 0 Å². The van der Waals surface area contributed by atoms with Crippen molar-refractivity contribution in [2.75, 3.05) is 0 Å². The normalized spacial score (nSPS) is 11.6. The monoisotopic (exact) mass is 225 g/mol. The fourth-order valence-electron chi connectivity index (χ4n) is 0.939. The third-order valence-corrected chi connectivity index (χ3v) is 1.67. The first kappa shape index (κ1) is 14.2. The maximum absolute atomic E-state index is 13.3. The summed E-state index contributed by atoms with van der Waals surface area (Å²) in [7, 11) is 0. The van der Waals surface area contributed by atoms with E-state index in [4.69, 9.17) is 5.41 Å². The summed E-state index contributed by atoms with van der Waals surface area (Å²) in [4.78, 5) is 11.7. The van der Waals surface area contributed by atoms with Crippen LogP contribution < -0.4 is 0 Å². The molecule has 0 aromatic heterocycles. The molecular formula is C11H16FN3O. The van der Waals surface area contributed by atoms with Gasteiger partial charge in [-0.15, -0.1) is 0 Å². The van der Waals surface area contributed by atoms with Crippen molar-refractivity contribution in [1.29, 1.82) is 5.41 Å². The summed E-state index contributed by atoms with van der Waals surface area (Å²) in [6.45, 7) is 8.09. The molecule has 0 saturated carbocycles. The van der Waals surface area contributed by atoms with Gasteiger partial charge in [0.15, 0.2) is 0 Å². The Bertz CT molecular complexity index is 358. The molecule has 1 amide bonds. The quantitative estimate of drug-likeness (QED) is 0.258. The molecule has 0 unspecified atom stereocenters. The van der Waals surface area contributed by atoms with Gasteiger partial charge in [-0.2, -0.15) is 10.1 Å². The number of allylic oxidation sites excluding steroid dienone is 1. The summed E-state index contributed by atoms with van der Waals surface area (Å²) >= 11 is 0. The largest absolute Gasteiger partial charge is 0.287 e. The third kappa shape index (κ3) is 3.76. The number of amidine groups is 1. The van der Waals surface area contributed by atoms with E-state index in [0.717, 1.165) is 5.01 Å². The lowest BCUT2D eigenvalue weighted by Crippen LogP contribution is -2.31. The van der Waals surface area contributed by atoms with Crippen LogP contribution in [-0.2, 0) is 4.79 Å². The summed E-state index contributed by atoms with van der Waals surface area (Å²) in [6.07, 6.45) is 3.08. The second-order valence-corrected chi connectivity index (χ2v) is 3.01. The zero-order valence-electron chi connectivity index (χ0n) is 9.75. The number of carbonyl (C=O) groups excluding carboxylic acids is 1. The average molecular weight is 225 g/mol. The summed E-state index contributed by atoms with van der Waals surface area (Å²) in [5.74, 6) is -1.49. The predicted molar refractivity (Wildman–Crippen MR) is 63.0 cm³/mol. The summed E-state index contributed by atoms with van der Waals surface area (Å²) in [5.41, 5.74) is -0.293. The van der Waals surface area contributed by atoms with E-state index in [9.17, 15) is 9.18 Å². The highest BCUT2D eigenvalue weighted by Crippen LogP contribution is 2.14. The van der Waals surface area contributed by atoms with Crippen LogP contribution in [0.3, 0.4) is 0 Å². The number of amides is 1. The van der Waals surface area contributed by atoms with Crippen molar-refractivity contribution in [2.45, 2.75) is 27.2 Å². The first-order chi connectivity index (χ1) is 7.45. The second kappa shape index (κ2) is 6.66. The molecule has 1 N–H and O–H groups in total. The van der Waals surface area contributed by atoms with Crippen molar-refractivity contribution in [3.05, 3.63) is 24.1 Å². The Hall–Kier alpha value is -1.78.